The molecule has 104 valence electrons. The number of hydrogen-bond acceptors (Lipinski definition) is 3. The van der Waals surface area contributed by atoms with E-state index in [1.54, 1.807) is 0 Å². The van der Waals surface area contributed by atoms with Gasteiger partial charge >= 0.3 is 5.97 Å². The molecule has 1 N–H and O–H groups in total. The SMILES string of the molecule is O=C1OC[C@H]2CN(Cc3[nH]c4ccccc4c3Cl)C[C@@H]12. The zero-order valence-corrected chi connectivity index (χ0v) is 11.7. The molecule has 2 aliphatic heterocycles. The first kappa shape index (κ1) is 12.2. The number of likely N-dealkylation sites (tertiary alicyclic amines) is 1. The van der Waals surface area contributed by atoms with Gasteiger partial charge in [-0.1, -0.05) is 29.8 Å². The number of nitrogens with zero attached hydrogens (tertiary/aromatic N) is 1. The highest BCUT2D eigenvalue weighted by Gasteiger charge is 2.43. The molecule has 2 aromatic rings. The highest BCUT2D eigenvalue weighted by molar-refractivity contribution is 6.36. The summed E-state index contributed by atoms with van der Waals surface area (Å²) in [6.45, 7) is 3.01. The first-order valence-electron chi connectivity index (χ1n) is 6.86. The van der Waals surface area contributed by atoms with Crippen molar-refractivity contribution in [1.29, 1.82) is 0 Å². The quantitative estimate of drug-likeness (QED) is 0.864. The molecule has 3 heterocycles. The molecule has 2 atom stereocenters. The maximum Gasteiger partial charge on any atom is 0.310 e. The number of H-pyrrole nitrogens is 1. The highest BCUT2D eigenvalue weighted by atomic mass is 35.5. The van der Waals surface area contributed by atoms with Crippen LogP contribution in [0.4, 0.5) is 0 Å². The summed E-state index contributed by atoms with van der Waals surface area (Å²) in [5, 5.41) is 1.85. The van der Waals surface area contributed by atoms with Gasteiger partial charge in [-0.15, -0.1) is 0 Å². The van der Waals surface area contributed by atoms with E-state index in [1.165, 1.54) is 0 Å². The molecule has 2 fully saturated rings. The number of hydrogen-bond donors (Lipinski definition) is 1. The van der Waals surface area contributed by atoms with Gasteiger partial charge in [0.25, 0.3) is 0 Å². The van der Waals surface area contributed by atoms with E-state index >= 15 is 0 Å². The Labute approximate surface area is 121 Å². The molecule has 0 spiro atoms. The molecule has 0 saturated carbocycles. The highest BCUT2D eigenvalue weighted by Crippen LogP contribution is 2.33. The average molecular weight is 291 g/mol. The van der Waals surface area contributed by atoms with Crippen LogP contribution in [0.5, 0.6) is 0 Å². The van der Waals surface area contributed by atoms with Crippen molar-refractivity contribution in [1.82, 2.24) is 9.88 Å². The number of nitrogens with one attached hydrogen (secondary N) is 1. The van der Waals surface area contributed by atoms with Crippen LogP contribution >= 0.6 is 11.6 Å². The molecule has 0 aliphatic carbocycles. The smallest absolute Gasteiger partial charge is 0.310 e. The Hall–Kier alpha value is -1.52. The van der Waals surface area contributed by atoms with E-state index in [2.05, 4.69) is 9.88 Å². The minimum atomic E-state index is -0.0414. The lowest BCUT2D eigenvalue weighted by molar-refractivity contribution is -0.141. The number of fused-ring (bicyclic) bond motifs is 2. The zero-order valence-electron chi connectivity index (χ0n) is 10.9. The standard InChI is InChI=1S/C15H15ClN2O2/c16-14-10-3-1-2-4-12(10)17-13(14)7-18-5-9-8-20-15(19)11(9)6-18/h1-4,9,11,17H,5-8H2/t9-,11-/m1/s1. The van der Waals surface area contributed by atoms with Gasteiger partial charge in [-0.3, -0.25) is 9.69 Å². The largest absolute Gasteiger partial charge is 0.465 e. The average Bonchev–Trinajstić information content (AvgIpc) is 3.08. The number of halogens is 1. The number of rotatable bonds is 2. The van der Waals surface area contributed by atoms with Crippen LogP contribution in [-0.2, 0) is 16.1 Å². The number of cyclic esters (lactones) is 1. The number of benzene rings is 1. The number of esters is 1. The van der Waals surface area contributed by atoms with Crippen molar-refractivity contribution in [2.24, 2.45) is 11.8 Å². The van der Waals surface area contributed by atoms with Gasteiger partial charge in [-0.25, -0.2) is 0 Å². The maximum absolute atomic E-state index is 11.6. The van der Waals surface area contributed by atoms with Crippen LogP contribution in [0.3, 0.4) is 0 Å². The van der Waals surface area contributed by atoms with Gasteiger partial charge in [0.05, 0.1) is 17.5 Å². The molecule has 2 aliphatic rings. The summed E-state index contributed by atoms with van der Waals surface area (Å²) >= 11 is 6.44. The Balaban J connectivity index is 1.57. The van der Waals surface area contributed by atoms with Gasteiger partial charge in [0.2, 0.25) is 0 Å². The molecule has 4 rings (SSSR count). The maximum atomic E-state index is 11.6. The van der Waals surface area contributed by atoms with Crippen LogP contribution < -0.4 is 0 Å². The minimum absolute atomic E-state index is 0.0414. The molecule has 0 unspecified atom stereocenters. The fourth-order valence-electron chi connectivity index (χ4n) is 3.32. The molecule has 0 amide bonds. The first-order chi connectivity index (χ1) is 9.72. The molecule has 1 aromatic heterocycles. The Morgan fingerprint density at radius 1 is 1.35 bits per heavy atom. The molecule has 0 radical (unpaired) electrons. The van der Waals surface area contributed by atoms with Crippen LogP contribution in [0, 0.1) is 11.8 Å². The van der Waals surface area contributed by atoms with E-state index in [-0.39, 0.29) is 11.9 Å². The number of carbonyl (C=O) groups is 1. The fraction of sp³-hybridized carbons (Fsp3) is 0.400. The zero-order chi connectivity index (χ0) is 13.7. The summed E-state index contributed by atoms with van der Waals surface area (Å²) in [7, 11) is 0. The van der Waals surface area contributed by atoms with Crippen molar-refractivity contribution >= 4 is 28.5 Å². The molecule has 0 bridgehead atoms. The van der Waals surface area contributed by atoms with Crippen LogP contribution in [-0.4, -0.2) is 35.5 Å². The van der Waals surface area contributed by atoms with Crippen LogP contribution in [0.1, 0.15) is 5.69 Å². The number of carbonyl (C=O) groups excluding carboxylic acids is 1. The second-order valence-electron chi connectivity index (χ2n) is 5.65. The van der Waals surface area contributed by atoms with E-state index in [1.807, 2.05) is 24.3 Å². The van der Waals surface area contributed by atoms with E-state index < -0.39 is 0 Å². The second kappa shape index (κ2) is 4.50. The van der Waals surface area contributed by atoms with Gasteiger partial charge in [-0.05, 0) is 6.07 Å². The summed E-state index contributed by atoms with van der Waals surface area (Å²) in [6, 6.07) is 8.03. The van der Waals surface area contributed by atoms with Crippen LogP contribution in [0.2, 0.25) is 5.02 Å². The normalized spacial score (nSPS) is 26.1. The topological polar surface area (TPSA) is 45.3 Å². The Morgan fingerprint density at radius 2 is 2.20 bits per heavy atom. The first-order valence-corrected chi connectivity index (χ1v) is 7.24. The summed E-state index contributed by atoms with van der Waals surface area (Å²) < 4.78 is 5.09. The number of para-hydroxylation sites is 1. The Morgan fingerprint density at radius 3 is 3.00 bits per heavy atom. The van der Waals surface area contributed by atoms with Crippen molar-refractivity contribution in [3.8, 4) is 0 Å². The second-order valence-corrected chi connectivity index (χ2v) is 6.03. The monoisotopic (exact) mass is 290 g/mol. The molecule has 20 heavy (non-hydrogen) atoms. The lowest BCUT2D eigenvalue weighted by Gasteiger charge is -2.15. The van der Waals surface area contributed by atoms with Gasteiger partial charge in [0.15, 0.2) is 0 Å². The van der Waals surface area contributed by atoms with E-state index in [4.69, 9.17) is 16.3 Å². The van der Waals surface area contributed by atoms with Crippen molar-refractivity contribution in [2.75, 3.05) is 19.7 Å². The minimum Gasteiger partial charge on any atom is -0.465 e. The Bertz CT molecular complexity index is 682. The number of aromatic amines is 1. The van der Waals surface area contributed by atoms with Crippen LogP contribution in [0.15, 0.2) is 24.3 Å². The van der Waals surface area contributed by atoms with Crippen molar-refractivity contribution in [2.45, 2.75) is 6.54 Å². The summed E-state index contributed by atoms with van der Waals surface area (Å²) in [6.07, 6.45) is 0. The van der Waals surface area contributed by atoms with E-state index in [9.17, 15) is 4.79 Å². The molecule has 2 saturated heterocycles. The molecular formula is C15H15ClN2O2. The van der Waals surface area contributed by atoms with Crippen molar-refractivity contribution in [3.05, 3.63) is 35.0 Å². The van der Waals surface area contributed by atoms with Crippen molar-refractivity contribution < 1.29 is 9.53 Å². The molecule has 4 nitrogen and oxygen atoms in total. The van der Waals surface area contributed by atoms with Crippen molar-refractivity contribution in [3.63, 3.8) is 0 Å². The summed E-state index contributed by atoms with van der Waals surface area (Å²) in [4.78, 5) is 17.2. The van der Waals surface area contributed by atoms with Gasteiger partial charge < -0.3 is 9.72 Å². The van der Waals surface area contributed by atoms with Gasteiger partial charge in [0.1, 0.15) is 0 Å². The number of ether oxygens (including phenoxy) is 1. The molecule has 1 aromatic carbocycles. The van der Waals surface area contributed by atoms with Gasteiger partial charge in [-0.2, -0.15) is 0 Å². The molecule has 5 heteroatoms. The lowest BCUT2D eigenvalue weighted by atomic mass is 10.0. The summed E-state index contributed by atoms with van der Waals surface area (Å²) in [5.41, 5.74) is 2.09. The fourth-order valence-corrected chi connectivity index (χ4v) is 3.59. The van der Waals surface area contributed by atoms with Crippen LogP contribution in [0.25, 0.3) is 10.9 Å². The lowest BCUT2D eigenvalue weighted by Crippen LogP contribution is -2.23. The predicted molar refractivity (Wildman–Crippen MR) is 76.5 cm³/mol. The third-order valence-corrected chi connectivity index (χ3v) is 4.79. The predicted octanol–water partition coefficient (Wildman–Crippen LogP) is 2.43. The third kappa shape index (κ3) is 1.83. The van der Waals surface area contributed by atoms with E-state index in [0.29, 0.717) is 12.5 Å². The Kier molecular flexibility index (Phi) is 2.75. The summed E-state index contributed by atoms with van der Waals surface area (Å²) in [5.74, 6) is 0.365. The number of aromatic nitrogens is 1. The van der Waals surface area contributed by atoms with E-state index in [0.717, 1.165) is 41.3 Å². The van der Waals surface area contributed by atoms with Gasteiger partial charge in [0, 0.05) is 42.1 Å². The molecular weight excluding hydrogens is 276 g/mol. The third-order valence-electron chi connectivity index (χ3n) is 4.35.